The van der Waals surface area contributed by atoms with E-state index in [-0.39, 0.29) is 0 Å². The molecule has 0 aromatic heterocycles. The van der Waals surface area contributed by atoms with Crippen molar-refractivity contribution in [2.45, 2.75) is 6.10 Å². The smallest absolute Gasteiger partial charge is 0.143 e. The molecule has 21 heavy (non-hydrogen) atoms. The Morgan fingerprint density at radius 1 is 1.00 bits per heavy atom. The number of hydrogen-bond donors (Lipinski definition) is 1. The third-order valence-electron chi connectivity index (χ3n) is 3.07. The summed E-state index contributed by atoms with van der Waals surface area (Å²) in [7, 11) is 1.61. The first-order chi connectivity index (χ1) is 10.3. The van der Waals surface area contributed by atoms with Crippen LogP contribution in [0, 0.1) is 0 Å². The minimum absolute atomic E-state index is 0.456. The van der Waals surface area contributed by atoms with Gasteiger partial charge < -0.3 is 9.47 Å². The molecule has 2 aromatic carbocycles. The number of ether oxygens (including phenoxy) is 2. The summed E-state index contributed by atoms with van der Waals surface area (Å²) in [5, 5.41) is 9.19. The minimum Gasteiger partial charge on any atom is -0.497 e. The third kappa shape index (κ3) is 3.84. The Hall–Kier alpha value is -2.30. The van der Waals surface area contributed by atoms with E-state index in [1.165, 1.54) is 0 Å². The van der Waals surface area contributed by atoms with Crippen LogP contribution in [-0.4, -0.2) is 19.0 Å². The Labute approximate surface area is 124 Å². The van der Waals surface area contributed by atoms with Crippen LogP contribution in [0.3, 0.4) is 0 Å². The van der Waals surface area contributed by atoms with Gasteiger partial charge in [-0.1, -0.05) is 36.9 Å². The van der Waals surface area contributed by atoms with Gasteiger partial charge in [-0.2, -0.15) is 0 Å². The average Bonchev–Trinajstić information content (AvgIpc) is 2.55. The van der Waals surface area contributed by atoms with Gasteiger partial charge in [-0.3, -0.25) is 5.26 Å². The van der Waals surface area contributed by atoms with E-state index in [9.17, 15) is 5.26 Å². The summed E-state index contributed by atoms with van der Waals surface area (Å²) < 4.78 is 10.5. The van der Waals surface area contributed by atoms with E-state index >= 15 is 0 Å². The monoisotopic (exact) mass is 286 g/mol. The molecule has 0 aliphatic carbocycles. The summed E-state index contributed by atoms with van der Waals surface area (Å²) in [5.41, 5.74) is 1.66. The van der Waals surface area contributed by atoms with E-state index in [2.05, 4.69) is 11.5 Å². The molecule has 2 aromatic rings. The van der Waals surface area contributed by atoms with Gasteiger partial charge in [-0.25, -0.2) is 4.89 Å². The summed E-state index contributed by atoms with van der Waals surface area (Å²) >= 11 is 0. The summed E-state index contributed by atoms with van der Waals surface area (Å²) in [4.78, 5) is 4.62. The van der Waals surface area contributed by atoms with E-state index in [1.807, 2.05) is 48.5 Å². The van der Waals surface area contributed by atoms with E-state index in [0.717, 1.165) is 22.6 Å². The van der Waals surface area contributed by atoms with Crippen LogP contribution in [0.5, 0.6) is 11.5 Å². The Morgan fingerprint density at radius 3 is 1.95 bits per heavy atom. The maximum absolute atomic E-state index is 9.19. The highest BCUT2D eigenvalue weighted by molar-refractivity contribution is 5.36. The van der Waals surface area contributed by atoms with Gasteiger partial charge in [0, 0.05) is 0 Å². The number of hydrogen-bond acceptors (Lipinski definition) is 4. The average molecular weight is 286 g/mol. The quantitative estimate of drug-likeness (QED) is 0.477. The minimum atomic E-state index is -0.552. The molecule has 0 aliphatic rings. The molecule has 1 unspecified atom stereocenters. The molecule has 1 atom stereocenters. The van der Waals surface area contributed by atoms with Crippen LogP contribution >= 0.6 is 0 Å². The summed E-state index contributed by atoms with van der Waals surface area (Å²) in [6.45, 7) is 4.06. The molecular weight excluding hydrogens is 268 g/mol. The topological polar surface area (TPSA) is 47.9 Å². The van der Waals surface area contributed by atoms with Crippen LogP contribution in [0.15, 0.2) is 61.2 Å². The van der Waals surface area contributed by atoms with Crippen molar-refractivity contribution in [1.29, 1.82) is 0 Å². The molecule has 0 amide bonds. The second-order valence-electron chi connectivity index (χ2n) is 4.43. The highest BCUT2D eigenvalue weighted by atomic mass is 17.1. The van der Waals surface area contributed by atoms with E-state index in [1.54, 1.807) is 13.2 Å². The molecular formula is C17H18O4. The van der Waals surface area contributed by atoms with Crippen LogP contribution in [0.4, 0.5) is 0 Å². The Kier molecular flexibility index (Phi) is 5.37. The van der Waals surface area contributed by atoms with Crippen molar-refractivity contribution in [1.82, 2.24) is 0 Å². The van der Waals surface area contributed by atoms with Crippen LogP contribution in [0.2, 0.25) is 0 Å². The fraction of sp³-hybridized carbons (Fsp3) is 0.176. The van der Waals surface area contributed by atoms with Crippen molar-refractivity contribution in [3.63, 3.8) is 0 Å². The lowest BCUT2D eigenvalue weighted by atomic mass is 10.0. The molecule has 2 rings (SSSR count). The largest absolute Gasteiger partial charge is 0.497 e. The lowest BCUT2D eigenvalue weighted by molar-refractivity contribution is -0.270. The first kappa shape index (κ1) is 15.1. The molecule has 0 bridgehead atoms. The van der Waals surface area contributed by atoms with Gasteiger partial charge in [0.2, 0.25) is 0 Å². The van der Waals surface area contributed by atoms with E-state index in [0.29, 0.717) is 6.61 Å². The van der Waals surface area contributed by atoms with E-state index < -0.39 is 6.10 Å². The fourth-order valence-corrected chi connectivity index (χ4v) is 1.99. The predicted octanol–water partition coefficient (Wildman–Crippen LogP) is 3.84. The zero-order valence-electron chi connectivity index (χ0n) is 11.9. The van der Waals surface area contributed by atoms with Gasteiger partial charge in [-0.15, -0.1) is 0 Å². The van der Waals surface area contributed by atoms with Crippen molar-refractivity contribution in [2.75, 3.05) is 13.7 Å². The summed E-state index contributed by atoms with van der Waals surface area (Å²) in [6.07, 6.45) is 1.13. The van der Waals surface area contributed by atoms with Crippen molar-refractivity contribution in [3.05, 3.63) is 72.3 Å². The predicted molar refractivity (Wildman–Crippen MR) is 80.7 cm³/mol. The van der Waals surface area contributed by atoms with Crippen LogP contribution in [0.25, 0.3) is 0 Å². The molecule has 0 saturated carbocycles. The Bertz CT molecular complexity index is 560. The zero-order valence-corrected chi connectivity index (χ0v) is 11.9. The van der Waals surface area contributed by atoms with Gasteiger partial charge in [0.05, 0.1) is 7.11 Å². The van der Waals surface area contributed by atoms with Gasteiger partial charge in [-0.05, 0) is 35.4 Å². The number of benzene rings is 2. The molecule has 1 N–H and O–H groups in total. The van der Waals surface area contributed by atoms with Crippen LogP contribution < -0.4 is 9.47 Å². The molecule has 0 spiro atoms. The maximum atomic E-state index is 9.19. The number of rotatable bonds is 7. The highest BCUT2D eigenvalue weighted by Crippen LogP contribution is 2.28. The van der Waals surface area contributed by atoms with Crippen molar-refractivity contribution >= 4 is 0 Å². The molecule has 4 heteroatoms. The molecule has 0 fully saturated rings. The molecule has 110 valence electrons. The van der Waals surface area contributed by atoms with E-state index in [4.69, 9.17) is 9.47 Å². The molecule has 4 nitrogen and oxygen atoms in total. The molecule has 0 saturated heterocycles. The Balaban J connectivity index is 2.17. The zero-order chi connectivity index (χ0) is 15.1. The first-order valence-electron chi connectivity index (χ1n) is 6.56. The van der Waals surface area contributed by atoms with Gasteiger partial charge in [0.15, 0.2) is 0 Å². The maximum Gasteiger partial charge on any atom is 0.143 e. The lowest BCUT2D eigenvalue weighted by Gasteiger charge is -2.15. The van der Waals surface area contributed by atoms with Gasteiger partial charge in [0.25, 0.3) is 0 Å². The SMILES string of the molecule is C=CCOc1ccc(C(OO)c2ccc(OC)cc2)cc1. The first-order valence-corrected chi connectivity index (χ1v) is 6.56. The van der Waals surface area contributed by atoms with Crippen molar-refractivity contribution in [2.24, 2.45) is 0 Å². The second-order valence-corrected chi connectivity index (χ2v) is 4.43. The Morgan fingerprint density at radius 2 is 1.52 bits per heavy atom. The fourth-order valence-electron chi connectivity index (χ4n) is 1.99. The number of methoxy groups -OCH3 is 1. The third-order valence-corrected chi connectivity index (χ3v) is 3.07. The lowest BCUT2D eigenvalue weighted by Crippen LogP contribution is -2.04. The van der Waals surface area contributed by atoms with Crippen LogP contribution in [0.1, 0.15) is 17.2 Å². The normalized spacial score (nSPS) is 11.7. The van der Waals surface area contributed by atoms with Crippen molar-refractivity contribution < 1.29 is 19.6 Å². The molecule has 0 radical (unpaired) electrons. The van der Waals surface area contributed by atoms with Crippen molar-refractivity contribution in [3.8, 4) is 11.5 Å². The van der Waals surface area contributed by atoms with Gasteiger partial charge >= 0.3 is 0 Å². The molecule has 0 aliphatic heterocycles. The second kappa shape index (κ2) is 7.47. The van der Waals surface area contributed by atoms with Crippen LogP contribution in [-0.2, 0) is 4.89 Å². The molecule has 0 heterocycles. The summed E-state index contributed by atoms with van der Waals surface area (Å²) in [5.74, 6) is 1.49. The standard InChI is InChI=1S/C17H18O4/c1-3-12-20-16-10-6-14(7-11-16)17(21-18)13-4-8-15(19-2)9-5-13/h3-11,17-18H,1,12H2,2H3. The van der Waals surface area contributed by atoms with Gasteiger partial charge in [0.1, 0.15) is 24.2 Å². The summed E-state index contributed by atoms with van der Waals surface area (Å²) in [6, 6.07) is 14.7. The highest BCUT2D eigenvalue weighted by Gasteiger charge is 2.15.